The Morgan fingerprint density at radius 1 is 1.08 bits per heavy atom. The molecule has 3 rings (SSSR count). The lowest BCUT2D eigenvalue weighted by Crippen LogP contribution is -2.43. The number of carbonyl (C=O) groups excluding carboxylic acids is 2. The van der Waals surface area contributed by atoms with E-state index in [2.05, 4.69) is 5.32 Å². The van der Waals surface area contributed by atoms with Gasteiger partial charge in [-0.1, -0.05) is 23.2 Å². The highest BCUT2D eigenvalue weighted by Gasteiger charge is 2.35. The van der Waals surface area contributed by atoms with Gasteiger partial charge >= 0.3 is 0 Å². The smallest absolute Gasteiger partial charge is 0.254 e. The Hall–Kier alpha value is -2.18. The molecular weight excluding hydrogens is 385 g/mol. The van der Waals surface area contributed by atoms with E-state index in [9.17, 15) is 18.4 Å². The van der Waals surface area contributed by atoms with E-state index < -0.39 is 23.6 Å². The summed E-state index contributed by atoms with van der Waals surface area (Å²) in [5.41, 5.74) is 0.0415. The van der Waals surface area contributed by atoms with E-state index in [1.807, 2.05) is 0 Å². The van der Waals surface area contributed by atoms with Crippen molar-refractivity contribution in [2.75, 3.05) is 11.9 Å². The second-order valence-electron chi connectivity index (χ2n) is 5.90. The molecule has 0 aromatic heterocycles. The van der Waals surface area contributed by atoms with Gasteiger partial charge in [0.25, 0.3) is 5.91 Å². The molecule has 4 nitrogen and oxygen atoms in total. The van der Waals surface area contributed by atoms with Gasteiger partial charge in [0.2, 0.25) is 5.91 Å². The molecule has 26 heavy (non-hydrogen) atoms. The predicted octanol–water partition coefficient (Wildman–Crippen LogP) is 4.51. The lowest BCUT2D eigenvalue weighted by Gasteiger charge is -2.24. The lowest BCUT2D eigenvalue weighted by atomic mass is 10.1. The summed E-state index contributed by atoms with van der Waals surface area (Å²) >= 11 is 11.8. The second kappa shape index (κ2) is 7.60. The highest BCUT2D eigenvalue weighted by atomic mass is 35.5. The standard InChI is InChI=1S/C18H14Cl2F2N2O2/c19-12-5-3-10(8-13(12)20)18(26)24-7-1-2-16(24)17(25)23-15-9-11(21)4-6-14(15)22/h3-6,8-9,16H,1-2,7H2,(H,23,25). The molecule has 8 heteroatoms. The molecule has 1 aliphatic heterocycles. The monoisotopic (exact) mass is 398 g/mol. The molecule has 0 spiro atoms. The summed E-state index contributed by atoms with van der Waals surface area (Å²) in [4.78, 5) is 26.6. The Balaban J connectivity index is 1.78. The molecule has 2 aromatic carbocycles. The molecule has 1 unspecified atom stereocenters. The largest absolute Gasteiger partial charge is 0.327 e. The van der Waals surface area contributed by atoms with E-state index in [1.165, 1.54) is 23.1 Å². The van der Waals surface area contributed by atoms with Gasteiger partial charge in [-0.25, -0.2) is 8.78 Å². The number of hydrogen-bond acceptors (Lipinski definition) is 2. The maximum absolute atomic E-state index is 13.7. The van der Waals surface area contributed by atoms with Gasteiger partial charge in [0.15, 0.2) is 0 Å². The van der Waals surface area contributed by atoms with E-state index in [4.69, 9.17) is 23.2 Å². The van der Waals surface area contributed by atoms with Crippen LogP contribution < -0.4 is 5.32 Å². The predicted molar refractivity (Wildman–Crippen MR) is 95.5 cm³/mol. The third-order valence-electron chi connectivity index (χ3n) is 4.17. The summed E-state index contributed by atoms with van der Waals surface area (Å²) in [7, 11) is 0. The molecule has 1 fully saturated rings. The van der Waals surface area contributed by atoms with Crippen LogP contribution in [-0.2, 0) is 4.79 Å². The van der Waals surface area contributed by atoms with Crippen LogP contribution in [0, 0.1) is 11.6 Å². The minimum absolute atomic E-state index is 0.236. The van der Waals surface area contributed by atoms with Crippen LogP contribution in [0.1, 0.15) is 23.2 Å². The first-order chi connectivity index (χ1) is 12.4. The van der Waals surface area contributed by atoms with Crippen molar-refractivity contribution in [1.29, 1.82) is 0 Å². The van der Waals surface area contributed by atoms with Crippen LogP contribution in [0.4, 0.5) is 14.5 Å². The summed E-state index contributed by atoms with van der Waals surface area (Å²) in [5, 5.41) is 2.91. The van der Waals surface area contributed by atoms with Gasteiger partial charge in [0, 0.05) is 18.2 Å². The third kappa shape index (κ3) is 3.81. The van der Waals surface area contributed by atoms with Gasteiger partial charge < -0.3 is 10.2 Å². The Morgan fingerprint density at radius 3 is 2.58 bits per heavy atom. The summed E-state index contributed by atoms with van der Waals surface area (Å²) in [5.74, 6) is -2.36. The van der Waals surface area contributed by atoms with Crippen LogP contribution in [0.3, 0.4) is 0 Å². The minimum Gasteiger partial charge on any atom is -0.327 e. The molecule has 0 radical (unpaired) electrons. The summed E-state index contributed by atoms with van der Waals surface area (Å²) in [6, 6.07) is 6.47. The van der Waals surface area contributed by atoms with Crippen molar-refractivity contribution in [3.63, 3.8) is 0 Å². The van der Waals surface area contributed by atoms with Crippen molar-refractivity contribution in [3.05, 3.63) is 63.6 Å². The molecule has 1 N–H and O–H groups in total. The molecule has 1 atom stereocenters. The summed E-state index contributed by atoms with van der Waals surface area (Å²) in [6.45, 7) is 0.378. The molecule has 0 bridgehead atoms. The van der Waals surface area contributed by atoms with Gasteiger partial charge in [-0.05, 0) is 43.2 Å². The quantitative estimate of drug-likeness (QED) is 0.826. The first kappa shape index (κ1) is 18.6. The zero-order valence-corrected chi connectivity index (χ0v) is 15.0. The minimum atomic E-state index is -0.778. The molecule has 1 saturated heterocycles. The fourth-order valence-corrected chi connectivity index (χ4v) is 3.18. The number of carbonyl (C=O) groups is 2. The SMILES string of the molecule is O=C(Nc1cc(F)ccc1F)C1CCCN1C(=O)c1ccc(Cl)c(Cl)c1. The van der Waals surface area contributed by atoms with E-state index in [-0.39, 0.29) is 16.6 Å². The maximum atomic E-state index is 13.7. The van der Waals surface area contributed by atoms with E-state index in [0.717, 1.165) is 18.2 Å². The maximum Gasteiger partial charge on any atom is 0.254 e. The van der Waals surface area contributed by atoms with Crippen LogP contribution in [0.2, 0.25) is 10.0 Å². The van der Waals surface area contributed by atoms with Gasteiger partial charge in [-0.15, -0.1) is 0 Å². The van der Waals surface area contributed by atoms with Crippen molar-refractivity contribution < 1.29 is 18.4 Å². The molecule has 0 aliphatic carbocycles. The molecule has 2 amide bonds. The molecule has 1 heterocycles. The highest BCUT2D eigenvalue weighted by Crippen LogP contribution is 2.26. The van der Waals surface area contributed by atoms with E-state index in [0.29, 0.717) is 30.0 Å². The van der Waals surface area contributed by atoms with Gasteiger partial charge in [0.05, 0.1) is 15.7 Å². The van der Waals surface area contributed by atoms with Crippen molar-refractivity contribution in [2.45, 2.75) is 18.9 Å². The molecule has 0 saturated carbocycles. The number of likely N-dealkylation sites (tertiary alicyclic amines) is 1. The van der Waals surface area contributed by atoms with Crippen LogP contribution in [0.5, 0.6) is 0 Å². The normalized spacial score (nSPS) is 16.6. The first-order valence-corrected chi connectivity index (χ1v) is 8.64. The van der Waals surface area contributed by atoms with Crippen LogP contribution in [-0.4, -0.2) is 29.3 Å². The number of rotatable bonds is 3. The number of amides is 2. The highest BCUT2D eigenvalue weighted by molar-refractivity contribution is 6.42. The van der Waals surface area contributed by atoms with Gasteiger partial charge in [-0.2, -0.15) is 0 Å². The molecule has 2 aromatic rings. The summed E-state index contributed by atoms with van der Waals surface area (Å²) in [6.07, 6.45) is 1.05. The topological polar surface area (TPSA) is 49.4 Å². The number of nitrogens with zero attached hydrogens (tertiary/aromatic N) is 1. The Labute approximate surface area is 158 Å². The number of hydrogen-bond donors (Lipinski definition) is 1. The van der Waals surface area contributed by atoms with E-state index >= 15 is 0 Å². The lowest BCUT2D eigenvalue weighted by molar-refractivity contribution is -0.119. The van der Waals surface area contributed by atoms with Crippen molar-refractivity contribution >= 4 is 40.7 Å². The Morgan fingerprint density at radius 2 is 1.85 bits per heavy atom. The molecular formula is C18H14Cl2F2N2O2. The van der Waals surface area contributed by atoms with Gasteiger partial charge in [0.1, 0.15) is 17.7 Å². The fraction of sp³-hybridized carbons (Fsp3) is 0.222. The first-order valence-electron chi connectivity index (χ1n) is 7.89. The van der Waals surface area contributed by atoms with Crippen molar-refractivity contribution in [3.8, 4) is 0 Å². The second-order valence-corrected chi connectivity index (χ2v) is 6.71. The van der Waals surface area contributed by atoms with Crippen molar-refractivity contribution in [2.24, 2.45) is 0 Å². The van der Waals surface area contributed by atoms with Crippen molar-refractivity contribution in [1.82, 2.24) is 4.90 Å². The molecule has 136 valence electrons. The number of benzene rings is 2. The Kier molecular flexibility index (Phi) is 5.44. The third-order valence-corrected chi connectivity index (χ3v) is 4.91. The average Bonchev–Trinajstić information content (AvgIpc) is 3.09. The average molecular weight is 399 g/mol. The van der Waals surface area contributed by atoms with Gasteiger partial charge in [-0.3, -0.25) is 9.59 Å². The zero-order valence-electron chi connectivity index (χ0n) is 13.4. The zero-order chi connectivity index (χ0) is 18.8. The number of nitrogens with one attached hydrogen (secondary N) is 1. The molecule has 1 aliphatic rings. The number of halogens is 4. The van der Waals surface area contributed by atoms with Crippen LogP contribution in [0.15, 0.2) is 36.4 Å². The summed E-state index contributed by atoms with van der Waals surface area (Å²) < 4.78 is 27.0. The van der Waals surface area contributed by atoms with Crippen LogP contribution in [0.25, 0.3) is 0 Å². The Bertz CT molecular complexity index is 876. The van der Waals surface area contributed by atoms with E-state index in [1.54, 1.807) is 0 Å². The number of anilines is 1. The van der Waals surface area contributed by atoms with Crippen LogP contribution >= 0.6 is 23.2 Å². The fourth-order valence-electron chi connectivity index (χ4n) is 2.89.